The van der Waals surface area contributed by atoms with Crippen LogP contribution < -0.4 is 4.90 Å². The molecule has 1 aliphatic carbocycles. The Morgan fingerprint density at radius 3 is 2.31 bits per heavy atom. The minimum atomic E-state index is -0.298. The number of hydrogen-bond acceptors (Lipinski definition) is 4. The van der Waals surface area contributed by atoms with Crippen molar-refractivity contribution in [3.63, 3.8) is 0 Å². The highest BCUT2D eigenvalue weighted by Gasteiger charge is 2.23. The third-order valence-corrected chi connectivity index (χ3v) is 7.52. The molecule has 0 atom stereocenters. The number of nitrogens with zero attached hydrogens (tertiary/aromatic N) is 2. The highest BCUT2D eigenvalue weighted by atomic mass is 35.5. The summed E-state index contributed by atoms with van der Waals surface area (Å²) in [5, 5.41) is 10.1. The fraction of sp³-hybridized carbons (Fsp3) is 0.696. The maximum atomic E-state index is 11.2. The van der Waals surface area contributed by atoms with Gasteiger partial charge in [-0.1, -0.05) is 61.4 Å². The van der Waals surface area contributed by atoms with Crippen LogP contribution in [0, 0.1) is 11.8 Å². The first-order valence-corrected chi connectivity index (χ1v) is 11.9. The smallest absolute Gasteiger partial charge is 0.158 e. The Labute approximate surface area is 185 Å². The number of hydrogen-bond donors (Lipinski definition) is 1. The number of aliphatic hydroxyl groups excluding tert-OH is 1. The first kappa shape index (κ1) is 22.9. The molecule has 0 spiro atoms. The molecule has 1 saturated carbocycles. The van der Waals surface area contributed by atoms with Gasteiger partial charge in [0.2, 0.25) is 0 Å². The summed E-state index contributed by atoms with van der Waals surface area (Å²) in [4.78, 5) is 16.1. The molecule has 0 radical (unpaired) electrons. The van der Waals surface area contributed by atoms with Crippen LogP contribution in [0.5, 0.6) is 0 Å². The maximum Gasteiger partial charge on any atom is 0.158 e. The van der Waals surface area contributed by atoms with Crippen LogP contribution in [0.3, 0.4) is 0 Å². The molecule has 2 aliphatic rings. The Balaban J connectivity index is 1.31. The van der Waals surface area contributed by atoms with Gasteiger partial charge in [0.25, 0.3) is 0 Å². The molecule has 6 heteroatoms. The Hall–Kier alpha value is -0.810. The predicted octanol–water partition coefficient (Wildman–Crippen LogP) is 5.04. The second kappa shape index (κ2) is 11.5. The van der Waals surface area contributed by atoms with E-state index in [2.05, 4.69) is 15.9 Å². The number of aliphatic hydroxyl groups is 1. The highest BCUT2D eigenvalue weighted by Crippen LogP contribution is 2.35. The van der Waals surface area contributed by atoms with Crippen LogP contribution >= 0.6 is 23.2 Å². The van der Waals surface area contributed by atoms with Crippen molar-refractivity contribution in [1.29, 1.82) is 0 Å². The van der Waals surface area contributed by atoms with Gasteiger partial charge in [0.15, 0.2) is 5.78 Å². The molecule has 4 nitrogen and oxygen atoms in total. The fourth-order valence-corrected chi connectivity index (χ4v) is 5.21. The van der Waals surface area contributed by atoms with Crippen molar-refractivity contribution in [2.24, 2.45) is 11.8 Å². The molecule has 1 aromatic rings. The molecule has 0 bridgehead atoms. The highest BCUT2D eigenvalue weighted by molar-refractivity contribution is 6.43. The van der Waals surface area contributed by atoms with Crippen LogP contribution in [-0.4, -0.2) is 55.1 Å². The number of benzene rings is 1. The summed E-state index contributed by atoms with van der Waals surface area (Å²) < 4.78 is 0. The molecule has 1 aromatic carbocycles. The summed E-state index contributed by atoms with van der Waals surface area (Å²) in [6.07, 6.45) is 9.20. The third-order valence-electron chi connectivity index (χ3n) is 6.71. The molecule has 1 aliphatic heterocycles. The zero-order chi connectivity index (χ0) is 20.6. The molecule has 2 fully saturated rings. The van der Waals surface area contributed by atoms with Crippen molar-refractivity contribution >= 4 is 34.7 Å². The van der Waals surface area contributed by atoms with Gasteiger partial charge in [0, 0.05) is 32.6 Å². The van der Waals surface area contributed by atoms with E-state index < -0.39 is 0 Å². The van der Waals surface area contributed by atoms with E-state index in [0.29, 0.717) is 16.5 Å². The molecule has 1 saturated heterocycles. The lowest BCUT2D eigenvalue weighted by molar-refractivity contribution is -0.121. The summed E-state index contributed by atoms with van der Waals surface area (Å²) in [6.45, 7) is 5.05. The van der Waals surface area contributed by atoms with E-state index in [4.69, 9.17) is 28.3 Å². The first-order chi connectivity index (χ1) is 14.1. The van der Waals surface area contributed by atoms with Crippen LogP contribution in [0.1, 0.15) is 51.4 Å². The van der Waals surface area contributed by atoms with Crippen molar-refractivity contribution in [1.82, 2.24) is 4.90 Å². The number of piperazine rings is 1. The number of ketones is 1. The Morgan fingerprint density at radius 1 is 1.00 bits per heavy atom. The van der Waals surface area contributed by atoms with Crippen molar-refractivity contribution in [3.8, 4) is 0 Å². The van der Waals surface area contributed by atoms with E-state index in [1.807, 2.05) is 12.1 Å². The average molecular weight is 441 g/mol. The number of carbonyl (C=O) groups excluding carboxylic acids is 1. The summed E-state index contributed by atoms with van der Waals surface area (Å²) in [5.74, 6) is 1.62. The quantitative estimate of drug-likeness (QED) is 0.583. The summed E-state index contributed by atoms with van der Waals surface area (Å²) >= 11 is 12.5. The largest absolute Gasteiger partial charge is 0.389 e. The van der Waals surface area contributed by atoms with Gasteiger partial charge in [0.1, 0.15) is 6.61 Å². The van der Waals surface area contributed by atoms with E-state index in [0.717, 1.165) is 56.5 Å². The monoisotopic (exact) mass is 440 g/mol. The van der Waals surface area contributed by atoms with Crippen LogP contribution in [0.15, 0.2) is 18.2 Å². The Morgan fingerprint density at radius 2 is 1.66 bits per heavy atom. The predicted molar refractivity (Wildman–Crippen MR) is 121 cm³/mol. The fourth-order valence-electron chi connectivity index (χ4n) is 4.79. The zero-order valence-electron chi connectivity index (χ0n) is 17.3. The van der Waals surface area contributed by atoms with Gasteiger partial charge in [-0.05, 0) is 43.4 Å². The van der Waals surface area contributed by atoms with Crippen LogP contribution in [0.4, 0.5) is 5.69 Å². The van der Waals surface area contributed by atoms with Gasteiger partial charge in [0.05, 0.1) is 15.7 Å². The summed E-state index contributed by atoms with van der Waals surface area (Å²) in [7, 11) is 0. The minimum absolute atomic E-state index is 0.0172. The van der Waals surface area contributed by atoms with Crippen molar-refractivity contribution < 1.29 is 9.90 Å². The SMILES string of the molecule is O=C(CO)CCCC1CCC(CCN2CCN(c3cccc(Cl)c3Cl)CC2)CC1. The van der Waals surface area contributed by atoms with Crippen LogP contribution in [0.2, 0.25) is 10.0 Å². The Bertz CT molecular complexity index is 654. The second-order valence-corrected chi connectivity index (χ2v) is 9.45. The standard InChI is InChI=1S/C23H34Cl2N2O2/c24-21-5-2-6-22(23(21)25)27-15-13-26(14-16-27)12-11-19-9-7-18(8-10-19)3-1-4-20(29)17-28/h2,5-6,18-19,28H,1,3-4,7-17H2. The number of halogens is 2. The maximum absolute atomic E-state index is 11.2. The normalized spacial score (nSPS) is 23.3. The number of Topliss-reactive ketones (excluding diaryl/α,β-unsaturated/α-hetero) is 1. The molecule has 1 N–H and O–H groups in total. The van der Waals surface area contributed by atoms with Crippen LogP contribution in [-0.2, 0) is 4.79 Å². The van der Waals surface area contributed by atoms with E-state index in [9.17, 15) is 4.79 Å². The first-order valence-electron chi connectivity index (χ1n) is 11.1. The lowest BCUT2D eigenvalue weighted by atomic mass is 9.78. The van der Waals surface area contributed by atoms with Crippen molar-refractivity contribution in [3.05, 3.63) is 28.2 Å². The molecule has 3 rings (SSSR count). The van der Waals surface area contributed by atoms with Gasteiger partial charge in [-0.2, -0.15) is 0 Å². The van der Waals surface area contributed by atoms with Gasteiger partial charge in [-0.25, -0.2) is 0 Å². The number of carbonyl (C=O) groups is 1. The van der Waals surface area contributed by atoms with E-state index in [1.54, 1.807) is 0 Å². The second-order valence-electron chi connectivity index (χ2n) is 8.67. The molecule has 0 unspecified atom stereocenters. The topological polar surface area (TPSA) is 43.8 Å². The molecule has 1 heterocycles. The van der Waals surface area contributed by atoms with E-state index >= 15 is 0 Å². The van der Waals surface area contributed by atoms with Gasteiger partial charge >= 0.3 is 0 Å². The Kier molecular flexibility index (Phi) is 9.10. The molecule has 162 valence electrons. The van der Waals surface area contributed by atoms with E-state index in [-0.39, 0.29) is 12.4 Å². The van der Waals surface area contributed by atoms with Gasteiger partial charge < -0.3 is 10.0 Å². The van der Waals surface area contributed by atoms with Crippen molar-refractivity contribution in [2.75, 3.05) is 44.2 Å². The molecular weight excluding hydrogens is 407 g/mol. The van der Waals surface area contributed by atoms with Gasteiger partial charge in [-0.3, -0.25) is 9.69 Å². The average Bonchev–Trinajstić information content (AvgIpc) is 2.75. The minimum Gasteiger partial charge on any atom is -0.389 e. The molecular formula is C23H34Cl2N2O2. The number of rotatable bonds is 9. The van der Waals surface area contributed by atoms with E-state index in [1.165, 1.54) is 38.6 Å². The zero-order valence-corrected chi connectivity index (χ0v) is 18.8. The summed E-state index contributed by atoms with van der Waals surface area (Å²) in [5.41, 5.74) is 1.05. The molecule has 29 heavy (non-hydrogen) atoms. The van der Waals surface area contributed by atoms with Crippen LogP contribution in [0.25, 0.3) is 0 Å². The number of anilines is 1. The van der Waals surface area contributed by atoms with Crippen molar-refractivity contribution in [2.45, 2.75) is 51.4 Å². The lowest BCUT2D eigenvalue weighted by Crippen LogP contribution is -2.47. The van der Waals surface area contributed by atoms with Gasteiger partial charge in [-0.15, -0.1) is 0 Å². The lowest BCUT2D eigenvalue weighted by Gasteiger charge is -2.37. The molecule has 0 amide bonds. The summed E-state index contributed by atoms with van der Waals surface area (Å²) in [6, 6.07) is 5.87. The molecule has 0 aromatic heterocycles. The third kappa shape index (κ3) is 6.85.